The summed E-state index contributed by atoms with van der Waals surface area (Å²) in [6, 6.07) is 6.43. The summed E-state index contributed by atoms with van der Waals surface area (Å²) in [6.07, 6.45) is -5.29. The summed E-state index contributed by atoms with van der Waals surface area (Å²) < 4.78 is 16.4. The van der Waals surface area contributed by atoms with E-state index in [0.29, 0.717) is 18.0 Å². The Labute approximate surface area is 151 Å². The number of amides is 1. The average molecular weight is 370 g/mol. The Morgan fingerprint density at radius 2 is 1.96 bits per heavy atom. The van der Waals surface area contributed by atoms with E-state index in [1.54, 1.807) is 24.3 Å². The summed E-state index contributed by atoms with van der Waals surface area (Å²) in [4.78, 5) is 11.7. The first-order valence-electron chi connectivity index (χ1n) is 8.49. The number of nitrogen functional groups attached to an aromatic ring is 1. The standard InChI is InChI=1S/C17H26N2O7/c1-2-7-19-13(21)9-24-16-14(22)12(8-20)26-17(15(16)23)25-11-5-3-10(18)4-6-11/h3-6,12,14-17,20,22-23H,2,7-9,18H2,1H3,(H,19,21)/t12-,14+,15-,16+,17+/m1/s1. The molecular formula is C17H26N2O7. The molecule has 0 radical (unpaired) electrons. The molecule has 1 amide bonds. The molecule has 9 nitrogen and oxygen atoms in total. The van der Waals surface area contributed by atoms with Crippen LogP contribution in [0.15, 0.2) is 24.3 Å². The Morgan fingerprint density at radius 1 is 1.27 bits per heavy atom. The molecule has 1 fully saturated rings. The van der Waals surface area contributed by atoms with Gasteiger partial charge in [-0.1, -0.05) is 6.92 Å². The number of ether oxygens (including phenoxy) is 3. The Bertz CT molecular complexity index is 569. The van der Waals surface area contributed by atoms with Crippen molar-refractivity contribution in [2.24, 2.45) is 0 Å². The van der Waals surface area contributed by atoms with Crippen molar-refractivity contribution in [1.29, 1.82) is 0 Å². The van der Waals surface area contributed by atoms with Crippen molar-refractivity contribution in [2.75, 3.05) is 25.5 Å². The van der Waals surface area contributed by atoms with Crippen LogP contribution < -0.4 is 15.8 Å². The van der Waals surface area contributed by atoms with Crippen LogP contribution in [-0.4, -0.2) is 71.7 Å². The monoisotopic (exact) mass is 370 g/mol. The zero-order chi connectivity index (χ0) is 19.1. The van der Waals surface area contributed by atoms with E-state index in [4.69, 9.17) is 19.9 Å². The van der Waals surface area contributed by atoms with Gasteiger partial charge in [-0.2, -0.15) is 0 Å². The highest BCUT2D eigenvalue weighted by Crippen LogP contribution is 2.26. The summed E-state index contributed by atoms with van der Waals surface area (Å²) in [6.45, 7) is 1.57. The van der Waals surface area contributed by atoms with E-state index in [0.717, 1.165) is 6.42 Å². The lowest BCUT2D eigenvalue weighted by Gasteiger charge is -2.41. The number of anilines is 1. The summed E-state index contributed by atoms with van der Waals surface area (Å²) in [7, 11) is 0. The van der Waals surface area contributed by atoms with Crippen LogP contribution in [0.3, 0.4) is 0 Å². The van der Waals surface area contributed by atoms with Crippen molar-refractivity contribution >= 4 is 11.6 Å². The Balaban J connectivity index is 2.03. The molecule has 0 aromatic heterocycles. The minimum Gasteiger partial charge on any atom is -0.462 e. The van der Waals surface area contributed by atoms with Gasteiger partial charge in [0.05, 0.1) is 6.61 Å². The summed E-state index contributed by atoms with van der Waals surface area (Å²) in [5.74, 6) is 0.0186. The van der Waals surface area contributed by atoms with Crippen molar-refractivity contribution < 1.29 is 34.3 Å². The number of carbonyl (C=O) groups is 1. The predicted octanol–water partition coefficient (Wildman–Crippen LogP) is -1.00. The Kier molecular flexibility index (Phi) is 7.61. The summed E-state index contributed by atoms with van der Waals surface area (Å²) in [5, 5.41) is 32.7. The maximum Gasteiger partial charge on any atom is 0.246 e. The van der Waals surface area contributed by atoms with Crippen LogP contribution >= 0.6 is 0 Å². The quantitative estimate of drug-likeness (QED) is 0.367. The van der Waals surface area contributed by atoms with Crippen LogP contribution in [0.25, 0.3) is 0 Å². The molecule has 9 heteroatoms. The molecule has 1 aromatic rings. The van der Waals surface area contributed by atoms with E-state index in [1.165, 1.54) is 0 Å². The molecule has 0 saturated carbocycles. The van der Waals surface area contributed by atoms with Crippen LogP contribution in [-0.2, 0) is 14.3 Å². The number of hydrogen-bond donors (Lipinski definition) is 5. The van der Waals surface area contributed by atoms with E-state index >= 15 is 0 Å². The summed E-state index contributed by atoms with van der Waals surface area (Å²) in [5.41, 5.74) is 6.16. The number of benzene rings is 1. The lowest BCUT2D eigenvalue weighted by Crippen LogP contribution is -2.61. The number of nitrogens with two attached hydrogens (primary N) is 1. The third kappa shape index (κ3) is 5.29. The van der Waals surface area contributed by atoms with Crippen LogP contribution in [0.4, 0.5) is 5.69 Å². The van der Waals surface area contributed by atoms with Crippen molar-refractivity contribution in [3.8, 4) is 5.75 Å². The van der Waals surface area contributed by atoms with Gasteiger partial charge in [0, 0.05) is 12.2 Å². The van der Waals surface area contributed by atoms with Gasteiger partial charge in [-0.05, 0) is 30.7 Å². The Hall–Kier alpha value is -1.91. The minimum absolute atomic E-state index is 0.342. The van der Waals surface area contributed by atoms with Crippen LogP contribution in [0.2, 0.25) is 0 Å². The van der Waals surface area contributed by atoms with Crippen molar-refractivity contribution in [1.82, 2.24) is 5.32 Å². The Morgan fingerprint density at radius 3 is 2.58 bits per heavy atom. The lowest BCUT2D eigenvalue weighted by atomic mass is 9.99. The molecule has 1 heterocycles. The second kappa shape index (κ2) is 9.70. The van der Waals surface area contributed by atoms with E-state index in [2.05, 4.69) is 5.32 Å². The van der Waals surface area contributed by atoms with Gasteiger partial charge >= 0.3 is 0 Å². The molecule has 6 N–H and O–H groups in total. The second-order valence-corrected chi connectivity index (χ2v) is 6.02. The molecule has 1 aliphatic rings. The van der Waals surface area contributed by atoms with Crippen molar-refractivity contribution in [3.05, 3.63) is 24.3 Å². The third-order valence-electron chi connectivity index (χ3n) is 3.93. The largest absolute Gasteiger partial charge is 0.462 e. The maximum atomic E-state index is 11.7. The van der Waals surface area contributed by atoms with Gasteiger partial charge in [0.2, 0.25) is 12.2 Å². The van der Waals surface area contributed by atoms with Gasteiger partial charge in [0.1, 0.15) is 36.8 Å². The molecule has 5 atom stereocenters. The molecule has 0 bridgehead atoms. The van der Waals surface area contributed by atoms with Crippen LogP contribution in [0.1, 0.15) is 13.3 Å². The van der Waals surface area contributed by atoms with Gasteiger partial charge in [-0.3, -0.25) is 4.79 Å². The number of hydrogen-bond acceptors (Lipinski definition) is 8. The zero-order valence-corrected chi connectivity index (χ0v) is 14.6. The molecule has 0 spiro atoms. The van der Waals surface area contributed by atoms with Gasteiger partial charge in [0.15, 0.2) is 0 Å². The predicted molar refractivity (Wildman–Crippen MR) is 92.3 cm³/mol. The number of carbonyl (C=O) groups excluding carboxylic acids is 1. The van der Waals surface area contributed by atoms with Crippen LogP contribution in [0, 0.1) is 0 Å². The van der Waals surface area contributed by atoms with E-state index < -0.39 is 37.3 Å². The molecule has 0 aliphatic carbocycles. The topological polar surface area (TPSA) is 144 Å². The molecule has 0 unspecified atom stereocenters. The molecular weight excluding hydrogens is 344 g/mol. The number of rotatable bonds is 8. The number of nitrogens with one attached hydrogen (secondary N) is 1. The highest BCUT2D eigenvalue weighted by Gasteiger charge is 2.46. The van der Waals surface area contributed by atoms with Gasteiger partial charge < -0.3 is 40.6 Å². The smallest absolute Gasteiger partial charge is 0.246 e. The van der Waals surface area contributed by atoms with Gasteiger partial charge in [-0.15, -0.1) is 0 Å². The molecule has 146 valence electrons. The number of aliphatic hydroxyl groups excluding tert-OH is 3. The first-order valence-corrected chi connectivity index (χ1v) is 8.49. The normalized spacial score (nSPS) is 28.5. The third-order valence-corrected chi connectivity index (χ3v) is 3.93. The van der Waals surface area contributed by atoms with E-state index in [9.17, 15) is 20.1 Å². The van der Waals surface area contributed by atoms with Gasteiger partial charge in [-0.25, -0.2) is 0 Å². The lowest BCUT2D eigenvalue weighted by molar-refractivity contribution is -0.284. The zero-order valence-electron chi connectivity index (χ0n) is 14.6. The summed E-state index contributed by atoms with van der Waals surface area (Å²) >= 11 is 0. The molecule has 1 aromatic carbocycles. The first-order chi connectivity index (χ1) is 12.5. The number of aliphatic hydroxyl groups is 3. The average Bonchev–Trinajstić information content (AvgIpc) is 2.63. The SMILES string of the molecule is CCCNC(=O)CO[C@H]1[C@@H](O)[C@@H](CO)O[C@H](Oc2ccc(N)cc2)[C@@H]1O. The molecule has 1 aliphatic heterocycles. The van der Waals surface area contributed by atoms with E-state index in [1.807, 2.05) is 6.92 Å². The van der Waals surface area contributed by atoms with Crippen molar-refractivity contribution in [3.63, 3.8) is 0 Å². The molecule has 2 rings (SSSR count). The highest BCUT2D eigenvalue weighted by atomic mass is 16.7. The highest BCUT2D eigenvalue weighted by molar-refractivity contribution is 5.77. The molecule has 1 saturated heterocycles. The van der Waals surface area contributed by atoms with Gasteiger partial charge in [0.25, 0.3) is 0 Å². The molecule has 26 heavy (non-hydrogen) atoms. The van der Waals surface area contributed by atoms with Crippen LogP contribution in [0.5, 0.6) is 5.75 Å². The first kappa shape index (κ1) is 20.4. The second-order valence-electron chi connectivity index (χ2n) is 6.02. The minimum atomic E-state index is -1.37. The van der Waals surface area contributed by atoms with E-state index in [-0.39, 0.29) is 12.5 Å². The van der Waals surface area contributed by atoms with Crippen molar-refractivity contribution in [2.45, 2.75) is 44.1 Å². The fraction of sp³-hybridized carbons (Fsp3) is 0.588. The fourth-order valence-electron chi connectivity index (χ4n) is 2.52. The maximum absolute atomic E-state index is 11.7. The fourth-order valence-corrected chi connectivity index (χ4v) is 2.52.